The molecule has 4 nitrogen and oxygen atoms in total. The van der Waals surface area contributed by atoms with Crippen LogP contribution in [0.25, 0.3) is 0 Å². The van der Waals surface area contributed by atoms with Crippen LogP contribution in [0.3, 0.4) is 0 Å². The van der Waals surface area contributed by atoms with Crippen LogP contribution < -0.4 is 0 Å². The number of allylic oxidation sites excluding steroid dienone is 2. The van der Waals surface area contributed by atoms with Gasteiger partial charge in [0.25, 0.3) is 0 Å². The molecule has 1 atom stereocenters. The predicted octanol–water partition coefficient (Wildman–Crippen LogP) is 1.22. The monoisotopic (exact) mass is 210 g/mol. The highest BCUT2D eigenvalue weighted by molar-refractivity contribution is 6.01. The van der Waals surface area contributed by atoms with Crippen molar-refractivity contribution in [2.45, 2.75) is 13.3 Å². The van der Waals surface area contributed by atoms with Gasteiger partial charge in [0, 0.05) is 5.92 Å². The second-order valence-corrected chi connectivity index (χ2v) is 3.30. The van der Waals surface area contributed by atoms with E-state index in [9.17, 15) is 9.59 Å². The molecule has 0 unspecified atom stereocenters. The first-order chi connectivity index (χ1) is 7.11. The first kappa shape index (κ1) is 11.5. The van der Waals surface area contributed by atoms with Crippen LogP contribution in [0.5, 0.6) is 0 Å². The molecule has 1 rings (SSSR count). The lowest BCUT2D eigenvalue weighted by atomic mass is 9.89. The van der Waals surface area contributed by atoms with Crippen LogP contribution in [0.15, 0.2) is 23.3 Å². The Hall–Kier alpha value is -1.58. The molecule has 82 valence electrons. The second kappa shape index (κ2) is 4.77. The summed E-state index contributed by atoms with van der Waals surface area (Å²) in [6, 6.07) is 0. The maximum absolute atomic E-state index is 11.5. The molecular weight excluding hydrogens is 196 g/mol. The van der Waals surface area contributed by atoms with Gasteiger partial charge >= 0.3 is 11.9 Å². The summed E-state index contributed by atoms with van der Waals surface area (Å²) in [5.74, 6) is -1.04. The molecule has 0 heterocycles. The van der Waals surface area contributed by atoms with E-state index < -0.39 is 11.9 Å². The van der Waals surface area contributed by atoms with Gasteiger partial charge in [0.2, 0.25) is 0 Å². The number of ether oxygens (including phenoxy) is 2. The van der Waals surface area contributed by atoms with Crippen LogP contribution in [-0.4, -0.2) is 26.2 Å². The molecule has 1 aliphatic carbocycles. The Kier molecular flexibility index (Phi) is 3.66. The van der Waals surface area contributed by atoms with E-state index in [2.05, 4.69) is 9.47 Å². The lowest BCUT2D eigenvalue weighted by molar-refractivity contribution is -0.139. The van der Waals surface area contributed by atoms with Crippen molar-refractivity contribution >= 4 is 11.9 Å². The number of hydrogen-bond acceptors (Lipinski definition) is 4. The zero-order valence-corrected chi connectivity index (χ0v) is 9.07. The fraction of sp³-hybridized carbons (Fsp3) is 0.455. The van der Waals surface area contributed by atoms with Crippen LogP contribution in [0, 0.1) is 5.92 Å². The highest BCUT2D eigenvalue weighted by atomic mass is 16.5. The van der Waals surface area contributed by atoms with E-state index in [1.54, 1.807) is 0 Å². The highest BCUT2D eigenvalue weighted by Gasteiger charge is 2.27. The summed E-state index contributed by atoms with van der Waals surface area (Å²) in [5.41, 5.74) is 0.784. The molecule has 0 saturated heterocycles. The van der Waals surface area contributed by atoms with E-state index in [1.165, 1.54) is 14.2 Å². The van der Waals surface area contributed by atoms with Gasteiger partial charge in [-0.2, -0.15) is 0 Å². The Bertz CT molecular complexity index is 338. The van der Waals surface area contributed by atoms with Crippen LogP contribution in [-0.2, 0) is 19.1 Å². The average Bonchev–Trinajstić information content (AvgIpc) is 2.26. The van der Waals surface area contributed by atoms with Crippen molar-refractivity contribution in [1.29, 1.82) is 0 Å². The number of hydrogen-bond donors (Lipinski definition) is 0. The van der Waals surface area contributed by atoms with Crippen molar-refractivity contribution in [2.24, 2.45) is 5.92 Å². The minimum Gasteiger partial charge on any atom is -0.466 e. The number of esters is 2. The quantitative estimate of drug-likeness (QED) is 0.508. The summed E-state index contributed by atoms with van der Waals surface area (Å²) >= 11 is 0. The zero-order chi connectivity index (χ0) is 11.4. The van der Waals surface area contributed by atoms with Crippen molar-refractivity contribution in [3.63, 3.8) is 0 Å². The molecule has 0 bridgehead atoms. The fourth-order valence-electron chi connectivity index (χ4n) is 1.61. The average molecular weight is 210 g/mol. The molecule has 0 aliphatic heterocycles. The highest BCUT2D eigenvalue weighted by Crippen LogP contribution is 2.26. The lowest BCUT2D eigenvalue weighted by Gasteiger charge is -2.18. The van der Waals surface area contributed by atoms with E-state index in [0.29, 0.717) is 17.6 Å². The standard InChI is InChI=1S/C11H14O4/c1-7-5-4-6-8(10(12)14-2)9(7)11(13)15-3/h4-5,7H,6H2,1-3H3/t7-/m1/s1. The van der Waals surface area contributed by atoms with Gasteiger partial charge in [-0.05, 0) is 6.42 Å². The van der Waals surface area contributed by atoms with E-state index in [1.807, 2.05) is 19.1 Å². The van der Waals surface area contributed by atoms with Gasteiger partial charge in [-0.15, -0.1) is 0 Å². The molecule has 0 N–H and O–H groups in total. The number of carbonyl (C=O) groups excluding carboxylic acids is 2. The molecule has 0 spiro atoms. The number of rotatable bonds is 2. The van der Waals surface area contributed by atoms with Gasteiger partial charge in [0.1, 0.15) is 0 Å². The van der Waals surface area contributed by atoms with Gasteiger partial charge in [-0.3, -0.25) is 0 Å². The van der Waals surface area contributed by atoms with E-state index in [4.69, 9.17) is 0 Å². The van der Waals surface area contributed by atoms with Crippen molar-refractivity contribution in [2.75, 3.05) is 14.2 Å². The zero-order valence-electron chi connectivity index (χ0n) is 9.07. The molecule has 0 radical (unpaired) electrons. The van der Waals surface area contributed by atoms with Crippen LogP contribution in [0.2, 0.25) is 0 Å². The first-order valence-corrected chi connectivity index (χ1v) is 4.68. The molecule has 0 aromatic heterocycles. The Morgan fingerprint density at radius 1 is 1.27 bits per heavy atom. The van der Waals surface area contributed by atoms with Crippen LogP contribution in [0.4, 0.5) is 0 Å². The molecule has 0 fully saturated rings. The van der Waals surface area contributed by atoms with Crippen LogP contribution >= 0.6 is 0 Å². The van der Waals surface area contributed by atoms with Crippen molar-refractivity contribution in [3.8, 4) is 0 Å². The summed E-state index contributed by atoms with van der Waals surface area (Å²) < 4.78 is 9.27. The minimum absolute atomic E-state index is 0.111. The third kappa shape index (κ3) is 2.26. The molecule has 0 aromatic carbocycles. The Labute approximate surface area is 88.6 Å². The van der Waals surface area contributed by atoms with Gasteiger partial charge in [0.15, 0.2) is 0 Å². The molecular formula is C11H14O4. The summed E-state index contributed by atoms with van der Waals surface area (Å²) in [6.45, 7) is 1.84. The van der Waals surface area contributed by atoms with Gasteiger partial charge in [-0.1, -0.05) is 19.1 Å². The summed E-state index contributed by atoms with van der Waals surface area (Å²) in [6.07, 6.45) is 4.14. The summed E-state index contributed by atoms with van der Waals surface area (Å²) in [4.78, 5) is 22.9. The van der Waals surface area contributed by atoms with Crippen LogP contribution in [0.1, 0.15) is 13.3 Å². The van der Waals surface area contributed by atoms with E-state index in [-0.39, 0.29) is 5.92 Å². The van der Waals surface area contributed by atoms with Crippen molar-refractivity contribution < 1.29 is 19.1 Å². The number of carbonyl (C=O) groups is 2. The molecule has 0 saturated carbocycles. The topological polar surface area (TPSA) is 52.6 Å². The van der Waals surface area contributed by atoms with Gasteiger partial charge < -0.3 is 9.47 Å². The molecule has 1 aliphatic rings. The van der Waals surface area contributed by atoms with Crippen molar-refractivity contribution in [1.82, 2.24) is 0 Å². The number of methoxy groups -OCH3 is 2. The Balaban J connectivity index is 3.11. The SMILES string of the molecule is COC(=O)C1=C(C(=O)OC)[C@H](C)C=CC1. The molecule has 15 heavy (non-hydrogen) atoms. The largest absolute Gasteiger partial charge is 0.466 e. The van der Waals surface area contributed by atoms with Gasteiger partial charge in [0.05, 0.1) is 25.4 Å². The molecule has 0 amide bonds. The third-order valence-electron chi connectivity index (χ3n) is 2.36. The maximum atomic E-state index is 11.5. The van der Waals surface area contributed by atoms with E-state index in [0.717, 1.165) is 0 Å². The normalized spacial score (nSPS) is 20.1. The third-order valence-corrected chi connectivity index (χ3v) is 2.36. The minimum atomic E-state index is -0.466. The summed E-state index contributed by atoms with van der Waals surface area (Å²) in [7, 11) is 2.60. The molecule has 0 aromatic rings. The maximum Gasteiger partial charge on any atom is 0.334 e. The Morgan fingerprint density at radius 3 is 2.40 bits per heavy atom. The smallest absolute Gasteiger partial charge is 0.334 e. The summed E-state index contributed by atoms with van der Waals surface area (Å²) in [5, 5.41) is 0. The fourth-order valence-corrected chi connectivity index (χ4v) is 1.61. The second-order valence-electron chi connectivity index (χ2n) is 3.30. The van der Waals surface area contributed by atoms with Crippen molar-refractivity contribution in [3.05, 3.63) is 23.3 Å². The Morgan fingerprint density at radius 2 is 1.87 bits per heavy atom. The van der Waals surface area contributed by atoms with E-state index >= 15 is 0 Å². The predicted molar refractivity (Wildman–Crippen MR) is 54.0 cm³/mol. The first-order valence-electron chi connectivity index (χ1n) is 4.68. The lowest BCUT2D eigenvalue weighted by Crippen LogP contribution is -2.20. The van der Waals surface area contributed by atoms with Gasteiger partial charge in [-0.25, -0.2) is 9.59 Å². The molecule has 4 heteroatoms.